The first kappa shape index (κ1) is 18.9. The molecule has 1 N–H and O–H groups in total. The number of carbonyl (C=O) groups is 1. The second kappa shape index (κ2) is 7.62. The summed E-state index contributed by atoms with van der Waals surface area (Å²) in [7, 11) is -0.733. The number of anilines is 1. The predicted molar refractivity (Wildman–Crippen MR) is 92.4 cm³/mol. The topological polar surface area (TPSA) is 75.7 Å². The standard InChI is InChI=1S/C17H19FN2O4S/c1-12(24-15-9-7-13(18)8-10-15)17(21)19-14-5-4-6-16(11-14)25(22,23)20(2)3/h4-12H,1-3H3,(H,19,21)/t12-/m0/s1. The monoisotopic (exact) mass is 366 g/mol. The fourth-order valence-electron chi connectivity index (χ4n) is 1.96. The Morgan fingerprint density at radius 1 is 1.16 bits per heavy atom. The lowest BCUT2D eigenvalue weighted by Gasteiger charge is -2.16. The molecule has 0 spiro atoms. The molecule has 2 aromatic rings. The number of hydrogen-bond donors (Lipinski definition) is 1. The average molecular weight is 366 g/mol. The summed E-state index contributed by atoms with van der Waals surface area (Å²) in [6.07, 6.45) is -0.848. The molecule has 1 atom stereocenters. The number of carbonyl (C=O) groups excluding carboxylic acids is 1. The van der Waals surface area contributed by atoms with E-state index in [-0.39, 0.29) is 4.90 Å². The van der Waals surface area contributed by atoms with Crippen LogP contribution in [-0.2, 0) is 14.8 Å². The van der Waals surface area contributed by atoms with Crippen molar-refractivity contribution in [1.82, 2.24) is 4.31 Å². The minimum atomic E-state index is -3.59. The van der Waals surface area contributed by atoms with Crippen LogP contribution < -0.4 is 10.1 Å². The van der Waals surface area contributed by atoms with E-state index >= 15 is 0 Å². The Balaban J connectivity index is 2.08. The molecule has 2 aromatic carbocycles. The first-order valence-corrected chi connectivity index (χ1v) is 8.90. The third kappa shape index (κ3) is 4.77. The van der Waals surface area contributed by atoms with E-state index in [9.17, 15) is 17.6 Å². The van der Waals surface area contributed by atoms with Gasteiger partial charge in [-0.25, -0.2) is 17.1 Å². The highest BCUT2D eigenvalue weighted by Gasteiger charge is 2.19. The van der Waals surface area contributed by atoms with Gasteiger partial charge in [-0.15, -0.1) is 0 Å². The van der Waals surface area contributed by atoms with E-state index in [2.05, 4.69) is 5.32 Å². The van der Waals surface area contributed by atoms with E-state index in [1.54, 1.807) is 13.0 Å². The molecular formula is C17H19FN2O4S. The zero-order valence-electron chi connectivity index (χ0n) is 14.1. The molecule has 134 valence electrons. The highest BCUT2D eigenvalue weighted by molar-refractivity contribution is 7.89. The molecule has 0 heterocycles. The number of nitrogens with zero attached hydrogens (tertiary/aromatic N) is 1. The van der Waals surface area contributed by atoms with E-state index in [0.717, 1.165) is 4.31 Å². The van der Waals surface area contributed by atoms with Crippen LogP contribution in [-0.4, -0.2) is 38.8 Å². The van der Waals surface area contributed by atoms with Crippen LogP contribution >= 0.6 is 0 Å². The Hall–Kier alpha value is -2.45. The van der Waals surface area contributed by atoms with Crippen molar-refractivity contribution in [2.24, 2.45) is 0 Å². The molecule has 0 aliphatic rings. The van der Waals surface area contributed by atoms with Gasteiger partial charge in [-0.3, -0.25) is 4.79 Å². The zero-order valence-corrected chi connectivity index (χ0v) is 14.9. The van der Waals surface area contributed by atoms with Crippen molar-refractivity contribution >= 4 is 21.6 Å². The summed E-state index contributed by atoms with van der Waals surface area (Å²) in [5.74, 6) is -0.500. The highest BCUT2D eigenvalue weighted by Crippen LogP contribution is 2.19. The molecule has 0 fully saturated rings. The fourth-order valence-corrected chi connectivity index (χ4v) is 2.91. The SMILES string of the molecule is C[C@H](Oc1ccc(F)cc1)C(=O)Nc1cccc(S(=O)(=O)N(C)C)c1. The number of sulfonamides is 1. The number of halogens is 1. The fraction of sp³-hybridized carbons (Fsp3) is 0.235. The van der Waals surface area contributed by atoms with Crippen molar-refractivity contribution in [3.63, 3.8) is 0 Å². The molecule has 0 unspecified atom stereocenters. The van der Waals surface area contributed by atoms with Gasteiger partial charge >= 0.3 is 0 Å². The molecule has 0 aliphatic carbocycles. The number of rotatable bonds is 6. The smallest absolute Gasteiger partial charge is 0.265 e. The van der Waals surface area contributed by atoms with Gasteiger partial charge in [0.25, 0.3) is 5.91 Å². The summed E-state index contributed by atoms with van der Waals surface area (Å²) < 4.78 is 43.7. The third-order valence-corrected chi connectivity index (χ3v) is 5.19. The van der Waals surface area contributed by atoms with Crippen LogP contribution in [0.25, 0.3) is 0 Å². The van der Waals surface area contributed by atoms with Crippen LogP contribution in [0.3, 0.4) is 0 Å². The molecule has 0 radical (unpaired) electrons. The second-order valence-electron chi connectivity index (χ2n) is 5.52. The Morgan fingerprint density at radius 3 is 2.40 bits per heavy atom. The molecule has 0 aliphatic heterocycles. The van der Waals surface area contributed by atoms with Crippen molar-refractivity contribution < 1.29 is 22.3 Å². The molecule has 25 heavy (non-hydrogen) atoms. The number of nitrogens with one attached hydrogen (secondary N) is 1. The van der Waals surface area contributed by atoms with Crippen LogP contribution in [0.4, 0.5) is 10.1 Å². The number of benzene rings is 2. The molecule has 8 heteroatoms. The molecule has 0 bridgehead atoms. The highest BCUT2D eigenvalue weighted by atomic mass is 32.2. The predicted octanol–water partition coefficient (Wildman–Crippen LogP) is 2.48. The van der Waals surface area contributed by atoms with Crippen LogP contribution in [0.5, 0.6) is 5.75 Å². The Labute approximate surface area is 146 Å². The summed E-state index contributed by atoms with van der Waals surface area (Å²) in [5, 5.41) is 2.60. The van der Waals surface area contributed by atoms with Gasteiger partial charge in [-0.05, 0) is 49.4 Å². The molecule has 0 saturated heterocycles. The van der Waals surface area contributed by atoms with Gasteiger partial charge in [0.2, 0.25) is 10.0 Å². The summed E-state index contributed by atoms with van der Waals surface area (Å²) in [4.78, 5) is 12.3. The maximum atomic E-state index is 12.9. The van der Waals surface area contributed by atoms with Crippen LogP contribution in [0.15, 0.2) is 53.4 Å². The van der Waals surface area contributed by atoms with E-state index in [1.165, 1.54) is 56.6 Å². The van der Waals surface area contributed by atoms with Gasteiger partial charge in [0.1, 0.15) is 11.6 Å². The van der Waals surface area contributed by atoms with Gasteiger partial charge in [0.05, 0.1) is 4.90 Å². The molecule has 0 aromatic heterocycles. The summed E-state index contributed by atoms with van der Waals surface area (Å²) in [6, 6.07) is 11.2. The Kier molecular flexibility index (Phi) is 5.76. The van der Waals surface area contributed by atoms with Crippen LogP contribution in [0.2, 0.25) is 0 Å². The van der Waals surface area contributed by atoms with Crippen LogP contribution in [0, 0.1) is 5.82 Å². The van der Waals surface area contributed by atoms with Gasteiger partial charge in [0.15, 0.2) is 6.10 Å². The maximum Gasteiger partial charge on any atom is 0.265 e. The first-order valence-electron chi connectivity index (χ1n) is 7.46. The lowest BCUT2D eigenvalue weighted by atomic mass is 10.3. The number of hydrogen-bond acceptors (Lipinski definition) is 4. The molecule has 0 saturated carbocycles. The molecule has 2 rings (SSSR count). The first-order chi connectivity index (χ1) is 11.7. The third-order valence-electron chi connectivity index (χ3n) is 3.38. The van der Waals surface area contributed by atoms with E-state index in [4.69, 9.17) is 4.74 Å². The van der Waals surface area contributed by atoms with Gasteiger partial charge < -0.3 is 10.1 Å². The van der Waals surface area contributed by atoms with Crippen molar-refractivity contribution in [2.75, 3.05) is 19.4 Å². The lowest BCUT2D eigenvalue weighted by Crippen LogP contribution is -2.30. The maximum absolute atomic E-state index is 12.9. The van der Waals surface area contributed by atoms with Crippen molar-refractivity contribution in [2.45, 2.75) is 17.9 Å². The Morgan fingerprint density at radius 2 is 1.80 bits per heavy atom. The van der Waals surface area contributed by atoms with Gasteiger partial charge in [-0.1, -0.05) is 6.07 Å². The minimum Gasteiger partial charge on any atom is -0.481 e. The summed E-state index contributed by atoms with van der Waals surface area (Å²) >= 11 is 0. The van der Waals surface area contributed by atoms with E-state index < -0.39 is 27.9 Å². The normalized spacial score (nSPS) is 12.7. The average Bonchev–Trinajstić information content (AvgIpc) is 2.57. The van der Waals surface area contributed by atoms with Crippen LogP contribution in [0.1, 0.15) is 6.92 Å². The summed E-state index contributed by atoms with van der Waals surface area (Å²) in [5.41, 5.74) is 0.336. The van der Waals surface area contributed by atoms with Gasteiger partial charge in [-0.2, -0.15) is 0 Å². The second-order valence-corrected chi connectivity index (χ2v) is 7.67. The van der Waals surface area contributed by atoms with Crippen molar-refractivity contribution in [3.8, 4) is 5.75 Å². The zero-order chi connectivity index (χ0) is 18.6. The van der Waals surface area contributed by atoms with Gasteiger partial charge in [0, 0.05) is 19.8 Å². The van der Waals surface area contributed by atoms with E-state index in [1.807, 2.05) is 0 Å². The van der Waals surface area contributed by atoms with E-state index in [0.29, 0.717) is 11.4 Å². The molecule has 1 amide bonds. The number of amides is 1. The quantitative estimate of drug-likeness (QED) is 0.852. The molecular weight excluding hydrogens is 347 g/mol. The van der Waals surface area contributed by atoms with Crippen molar-refractivity contribution in [1.29, 1.82) is 0 Å². The largest absolute Gasteiger partial charge is 0.481 e. The van der Waals surface area contributed by atoms with Crippen molar-refractivity contribution in [3.05, 3.63) is 54.3 Å². The number of ether oxygens (including phenoxy) is 1. The Bertz CT molecular complexity index is 851. The summed E-state index contributed by atoms with van der Waals surface area (Å²) in [6.45, 7) is 1.54. The molecule has 6 nitrogen and oxygen atoms in total. The lowest BCUT2D eigenvalue weighted by molar-refractivity contribution is -0.122. The minimum absolute atomic E-state index is 0.0717.